The lowest BCUT2D eigenvalue weighted by molar-refractivity contribution is -0.0480. The molecule has 0 amide bonds. The first-order valence-electron chi connectivity index (χ1n) is 6.10. The van der Waals surface area contributed by atoms with Crippen molar-refractivity contribution in [2.75, 3.05) is 20.1 Å². The molecular weight excluding hydrogens is 216 g/mol. The van der Waals surface area contributed by atoms with Crippen LogP contribution >= 0.6 is 0 Å². The molecule has 1 aliphatic heterocycles. The molecule has 5 heteroatoms. The van der Waals surface area contributed by atoms with Gasteiger partial charge >= 0.3 is 0 Å². The highest BCUT2D eigenvalue weighted by Gasteiger charge is 2.37. The zero-order valence-corrected chi connectivity index (χ0v) is 10.8. The topological polar surface area (TPSA) is 53.3 Å². The summed E-state index contributed by atoms with van der Waals surface area (Å²) in [6, 6.07) is 0.132. The van der Waals surface area contributed by atoms with E-state index in [1.807, 2.05) is 31.8 Å². The van der Waals surface area contributed by atoms with Crippen LogP contribution in [0.1, 0.15) is 19.2 Å². The van der Waals surface area contributed by atoms with E-state index in [9.17, 15) is 5.11 Å². The minimum Gasteiger partial charge on any atom is -0.388 e. The summed E-state index contributed by atoms with van der Waals surface area (Å²) in [5, 5.41) is 13.7. The van der Waals surface area contributed by atoms with Gasteiger partial charge in [-0.15, -0.1) is 0 Å². The Balaban J connectivity index is 2.04. The molecule has 1 aromatic rings. The second-order valence-electron chi connectivity index (χ2n) is 5.20. The molecule has 0 aromatic carbocycles. The van der Waals surface area contributed by atoms with Gasteiger partial charge < -0.3 is 15.0 Å². The first-order valence-corrected chi connectivity index (χ1v) is 6.10. The lowest BCUT2D eigenvalue weighted by Crippen LogP contribution is -2.59. The van der Waals surface area contributed by atoms with Gasteiger partial charge in [-0.1, -0.05) is 0 Å². The van der Waals surface area contributed by atoms with Crippen LogP contribution in [0.4, 0.5) is 0 Å². The van der Waals surface area contributed by atoms with Crippen molar-refractivity contribution < 1.29 is 5.11 Å². The third-order valence-corrected chi connectivity index (χ3v) is 3.71. The highest BCUT2D eigenvalue weighted by atomic mass is 16.3. The van der Waals surface area contributed by atoms with Gasteiger partial charge in [0.1, 0.15) is 5.82 Å². The summed E-state index contributed by atoms with van der Waals surface area (Å²) in [5.41, 5.74) is -0.620. The Morgan fingerprint density at radius 2 is 2.47 bits per heavy atom. The Hall–Kier alpha value is -0.910. The van der Waals surface area contributed by atoms with Crippen molar-refractivity contribution in [2.45, 2.75) is 31.5 Å². The number of hydrogen-bond donors (Lipinski definition) is 2. The Labute approximate surface area is 102 Å². The highest BCUT2D eigenvalue weighted by molar-refractivity contribution is 4.97. The molecule has 0 spiro atoms. The van der Waals surface area contributed by atoms with Gasteiger partial charge in [-0.05, 0) is 26.9 Å². The van der Waals surface area contributed by atoms with E-state index in [1.54, 1.807) is 6.20 Å². The molecule has 1 aromatic heterocycles. The summed E-state index contributed by atoms with van der Waals surface area (Å²) in [6.07, 6.45) is 4.55. The molecule has 1 fully saturated rings. The quantitative estimate of drug-likeness (QED) is 0.776. The van der Waals surface area contributed by atoms with Crippen LogP contribution in [0.15, 0.2) is 12.4 Å². The number of aromatic nitrogens is 2. The third kappa shape index (κ3) is 2.68. The number of aryl methyl sites for hydroxylation is 1. The molecule has 2 rings (SSSR count). The predicted molar refractivity (Wildman–Crippen MR) is 66.6 cm³/mol. The molecule has 2 unspecified atom stereocenters. The van der Waals surface area contributed by atoms with Crippen molar-refractivity contribution in [3.8, 4) is 0 Å². The molecular formula is C12H22N4O. The van der Waals surface area contributed by atoms with Gasteiger partial charge in [0, 0.05) is 26.0 Å². The number of nitrogens with zero attached hydrogens (tertiary/aromatic N) is 3. The average Bonchev–Trinajstić information content (AvgIpc) is 2.63. The number of aliphatic hydroxyl groups is 1. The van der Waals surface area contributed by atoms with Crippen LogP contribution in [-0.4, -0.2) is 51.3 Å². The molecule has 96 valence electrons. The lowest BCUT2D eigenvalue weighted by atomic mass is 9.88. The van der Waals surface area contributed by atoms with Crippen molar-refractivity contribution in [2.24, 2.45) is 7.05 Å². The number of nitrogens with one attached hydrogen (secondary N) is 1. The Morgan fingerprint density at radius 3 is 3.06 bits per heavy atom. The molecule has 1 aliphatic rings. The van der Waals surface area contributed by atoms with E-state index in [0.29, 0.717) is 0 Å². The van der Waals surface area contributed by atoms with Crippen molar-refractivity contribution in [1.82, 2.24) is 19.8 Å². The summed E-state index contributed by atoms with van der Waals surface area (Å²) < 4.78 is 2.02. The maximum absolute atomic E-state index is 10.4. The Kier molecular flexibility index (Phi) is 3.51. The van der Waals surface area contributed by atoms with E-state index in [1.165, 1.54) is 0 Å². The lowest BCUT2D eigenvalue weighted by Gasteiger charge is -2.42. The van der Waals surface area contributed by atoms with Crippen LogP contribution < -0.4 is 5.32 Å². The predicted octanol–water partition coefficient (Wildman–Crippen LogP) is -0.0352. The van der Waals surface area contributed by atoms with Crippen LogP contribution in [-0.2, 0) is 13.6 Å². The van der Waals surface area contributed by atoms with Crippen LogP contribution in [0.25, 0.3) is 0 Å². The summed E-state index contributed by atoms with van der Waals surface area (Å²) in [4.78, 5) is 6.49. The molecule has 2 heterocycles. The number of likely N-dealkylation sites (N-methyl/N-ethyl adjacent to an activating group) is 1. The number of rotatable bonds is 3. The molecule has 17 heavy (non-hydrogen) atoms. The summed E-state index contributed by atoms with van der Waals surface area (Å²) in [5.74, 6) is 1.02. The molecule has 0 bridgehead atoms. The van der Waals surface area contributed by atoms with Gasteiger partial charge in [-0.25, -0.2) is 4.98 Å². The summed E-state index contributed by atoms with van der Waals surface area (Å²) in [6.45, 7) is 4.40. The first-order chi connectivity index (χ1) is 8.00. The zero-order chi connectivity index (χ0) is 12.5. The molecule has 2 atom stereocenters. The van der Waals surface area contributed by atoms with Gasteiger partial charge in [0.2, 0.25) is 0 Å². The molecule has 5 nitrogen and oxygen atoms in total. The van der Waals surface area contributed by atoms with E-state index in [-0.39, 0.29) is 6.04 Å². The monoisotopic (exact) mass is 238 g/mol. The van der Waals surface area contributed by atoms with Crippen molar-refractivity contribution in [1.29, 1.82) is 0 Å². The SMILES string of the molecule is CN(Cc1nccn1C)C1CNCCC1(C)O. The largest absolute Gasteiger partial charge is 0.388 e. The van der Waals surface area contributed by atoms with Gasteiger partial charge in [-0.2, -0.15) is 0 Å². The van der Waals surface area contributed by atoms with Crippen LogP contribution in [0, 0.1) is 0 Å². The van der Waals surface area contributed by atoms with E-state index in [2.05, 4.69) is 15.2 Å². The second-order valence-corrected chi connectivity index (χ2v) is 5.20. The zero-order valence-electron chi connectivity index (χ0n) is 10.8. The third-order valence-electron chi connectivity index (χ3n) is 3.71. The number of hydrogen-bond acceptors (Lipinski definition) is 4. The second kappa shape index (κ2) is 4.76. The molecule has 0 radical (unpaired) electrons. The van der Waals surface area contributed by atoms with Crippen LogP contribution in [0.3, 0.4) is 0 Å². The van der Waals surface area contributed by atoms with Gasteiger partial charge in [0.15, 0.2) is 0 Å². The molecule has 2 N–H and O–H groups in total. The van der Waals surface area contributed by atoms with Gasteiger partial charge in [0.05, 0.1) is 18.2 Å². The highest BCUT2D eigenvalue weighted by Crippen LogP contribution is 2.22. The fraction of sp³-hybridized carbons (Fsp3) is 0.750. The van der Waals surface area contributed by atoms with Crippen LogP contribution in [0.5, 0.6) is 0 Å². The van der Waals surface area contributed by atoms with Crippen LogP contribution in [0.2, 0.25) is 0 Å². The van der Waals surface area contributed by atoms with E-state index in [4.69, 9.17) is 0 Å². The Morgan fingerprint density at radius 1 is 1.71 bits per heavy atom. The van der Waals surface area contributed by atoms with Crippen molar-refractivity contribution in [3.63, 3.8) is 0 Å². The Bertz CT molecular complexity index is 374. The smallest absolute Gasteiger partial charge is 0.122 e. The fourth-order valence-corrected chi connectivity index (χ4v) is 2.48. The molecule has 0 aliphatic carbocycles. The maximum Gasteiger partial charge on any atom is 0.122 e. The van der Waals surface area contributed by atoms with E-state index >= 15 is 0 Å². The first kappa shape index (κ1) is 12.5. The molecule has 1 saturated heterocycles. The number of piperidine rings is 1. The van der Waals surface area contributed by atoms with Gasteiger partial charge in [0.25, 0.3) is 0 Å². The van der Waals surface area contributed by atoms with Crippen molar-refractivity contribution >= 4 is 0 Å². The minimum atomic E-state index is -0.620. The summed E-state index contributed by atoms with van der Waals surface area (Å²) in [7, 11) is 4.04. The van der Waals surface area contributed by atoms with Crippen molar-refractivity contribution in [3.05, 3.63) is 18.2 Å². The van der Waals surface area contributed by atoms with E-state index in [0.717, 1.165) is 31.9 Å². The normalized spacial score (nSPS) is 29.8. The summed E-state index contributed by atoms with van der Waals surface area (Å²) >= 11 is 0. The number of imidazole rings is 1. The maximum atomic E-state index is 10.4. The van der Waals surface area contributed by atoms with Gasteiger partial charge in [-0.3, -0.25) is 4.90 Å². The van der Waals surface area contributed by atoms with E-state index < -0.39 is 5.60 Å². The standard InChI is InChI=1S/C12H22N4O/c1-12(17)4-5-13-8-10(12)16(3)9-11-14-6-7-15(11)2/h6-7,10,13,17H,4-5,8-9H2,1-3H3. The fourth-order valence-electron chi connectivity index (χ4n) is 2.48. The average molecular weight is 238 g/mol. The molecule has 0 saturated carbocycles. The minimum absolute atomic E-state index is 0.132.